The van der Waals surface area contributed by atoms with E-state index in [2.05, 4.69) is 15.5 Å². The lowest BCUT2D eigenvalue weighted by Gasteiger charge is -2.17. The first-order chi connectivity index (χ1) is 11.2. The maximum Gasteiger partial charge on any atom is 0.257 e. The van der Waals surface area contributed by atoms with Crippen LogP contribution in [0.25, 0.3) is 10.8 Å². The lowest BCUT2D eigenvalue weighted by Crippen LogP contribution is -2.20. The second-order valence-electron chi connectivity index (χ2n) is 4.94. The van der Waals surface area contributed by atoms with E-state index in [0.717, 1.165) is 4.88 Å². The van der Waals surface area contributed by atoms with Gasteiger partial charge >= 0.3 is 0 Å². The average molecular weight is 333 g/mol. The summed E-state index contributed by atoms with van der Waals surface area (Å²) in [4.78, 5) is 0.924. The zero-order valence-electron chi connectivity index (χ0n) is 12.7. The Morgan fingerprint density at radius 2 is 2.17 bits per heavy atom. The summed E-state index contributed by atoms with van der Waals surface area (Å²) in [5, 5.41) is 13.1. The molecule has 5 nitrogen and oxygen atoms in total. The summed E-state index contributed by atoms with van der Waals surface area (Å²) < 4.78 is 24.9. The summed E-state index contributed by atoms with van der Waals surface area (Å²) in [7, 11) is 1.52. The molecule has 3 rings (SSSR count). The fourth-order valence-electron chi connectivity index (χ4n) is 2.28. The highest BCUT2D eigenvalue weighted by Crippen LogP contribution is 2.28. The molecule has 0 saturated carbocycles. The zero-order valence-corrected chi connectivity index (χ0v) is 13.6. The summed E-state index contributed by atoms with van der Waals surface area (Å²) in [5.41, 5.74) is 0.480. The minimum atomic E-state index is -0.311. The van der Waals surface area contributed by atoms with Gasteiger partial charge in [-0.2, -0.15) is 0 Å². The van der Waals surface area contributed by atoms with Crippen LogP contribution in [0.5, 0.6) is 5.75 Å². The third-order valence-electron chi connectivity index (χ3n) is 3.42. The van der Waals surface area contributed by atoms with Crippen molar-refractivity contribution in [2.45, 2.75) is 19.5 Å². The van der Waals surface area contributed by atoms with Crippen LogP contribution in [0.15, 0.2) is 40.1 Å². The monoisotopic (exact) mass is 333 g/mol. The first-order valence-corrected chi connectivity index (χ1v) is 7.99. The van der Waals surface area contributed by atoms with Crippen LogP contribution in [0.2, 0.25) is 0 Å². The Bertz CT molecular complexity index is 773. The second kappa shape index (κ2) is 6.89. The molecule has 0 radical (unpaired) electrons. The van der Waals surface area contributed by atoms with E-state index in [0.29, 0.717) is 29.6 Å². The van der Waals surface area contributed by atoms with E-state index in [1.807, 2.05) is 24.4 Å². The summed E-state index contributed by atoms with van der Waals surface area (Å²) in [6.07, 6.45) is 0. The van der Waals surface area contributed by atoms with Crippen molar-refractivity contribution in [3.05, 3.63) is 53.0 Å². The molecule has 0 bridgehead atoms. The number of rotatable bonds is 6. The van der Waals surface area contributed by atoms with Crippen molar-refractivity contribution in [1.29, 1.82) is 0 Å². The molecule has 2 heterocycles. The van der Waals surface area contributed by atoms with Crippen LogP contribution in [0.3, 0.4) is 0 Å². The number of hydrogen-bond donors (Lipinski definition) is 1. The minimum absolute atomic E-state index is 0.261. The first-order valence-electron chi connectivity index (χ1n) is 7.11. The molecule has 23 heavy (non-hydrogen) atoms. The van der Waals surface area contributed by atoms with E-state index in [-0.39, 0.29) is 11.9 Å². The predicted octanol–water partition coefficient (Wildman–Crippen LogP) is 3.80. The molecule has 1 atom stereocenters. The summed E-state index contributed by atoms with van der Waals surface area (Å²) in [6.45, 7) is 2.20. The van der Waals surface area contributed by atoms with E-state index >= 15 is 0 Å². The van der Waals surface area contributed by atoms with Crippen LogP contribution in [0, 0.1) is 5.82 Å². The standard InChI is InChI=1S/C16H16FN3O2S/c1-10(15-11(17)5-3-6-12(15)21-2)18-9-14-19-20-16(22-14)13-7-4-8-23-13/h3-8,10,18H,9H2,1-2H3/t10-/m1/s1. The molecule has 120 valence electrons. The largest absolute Gasteiger partial charge is 0.496 e. The third-order valence-corrected chi connectivity index (χ3v) is 4.28. The Labute approximate surface area is 137 Å². The molecule has 7 heteroatoms. The third kappa shape index (κ3) is 3.40. The van der Waals surface area contributed by atoms with Gasteiger partial charge in [-0.15, -0.1) is 21.5 Å². The molecule has 0 unspecified atom stereocenters. The van der Waals surface area contributed by atoms with Gasteiger partial charge in [0.2, 0.25) is 5.89 Å². The van der Waals surface area contributed by atoms with Gasteiger partial charge in [0, 0.05) is 11.6 Å². The van der Waals surface area contributed by atoms with Crippen molar-refractivity contribution < 1.29 is 13.5 Å². The van der Waals surface area contributed by atoms with Gasteiger partial charge in [-0.05, 0) is 30.5 Å². The highest BCUT2D eigenvalue weighted by molar-refractivity contribution is 7.13. The summed E-state index contributed by atoms with van der Waals surface area (Å²) >= 11 is 1.53. The van der Waals surface area contributed by atoms with Crippen LogP contribution >= 0.6 is 11.3 Å². The molecule has 0 aliphatic heterocycles. The average Bonchev–Trinajstić information content (AvgIpc) is 3.23. The topological polar surface area (TPSA) is 60.2 Å². The van der Waals surface area contributed by atoms with Gasteiger partial charge in [0.1, 0.15) is 11.6 Å². The lowest BCUT2D eigenvalue weighted by molar-refractivity contribution is 0.388. The number of nitrogens with one attached hydrogen (secondary N) is 1. The molecule has 2 aromatic heterocycles. The van der Waals surface area contributed by atoms with Gasteiger partial charge < -0.3 is 14.5 Å². The Balaban J connectivity index is 1.69. The van der Waals surface area contributed by atoms with Crippen LogP contribution in [0.4, 0.5) is 4.39 Å². The smallest absolute Gasteiger partial charge is 0.257 e. The van der Waals surface area contributed by atoms with Gasteiger partial charge in [-0.25, -0.2) is 4.39 Å². The highest BCUT2D eigenvalue weighted by atomic mass is 32.1. The maximum atomic E-state index is 14.0. The quantitative estimate of drug-likeness (QED) is 0.743. The minimum Gasteiger partial charge on any atom is -0.496 e. The first kappa shape index (κ1) is 15.6. The zero-order chi connectivity index (χ0) is 16.2. The van der Waals surface area contributed by atoms with E-state index in [9.17, 15) is 4.39 Å². The van der Waals surface area contributed by atoms with Gasteiger partial charge in [-0.1, -0.05) is 12.1 Å². The number of nitrogens with zero attached hydrogens (tertiary/aromatic N) is 2. The number of thiophene rings is 1. The van der Waals surface area contributed by atoms with E-state index < -0.39 is 0 Å². The van der Waals surface area contributed by atoms with Crippen LogP contribution in [-0.2, 0) is 6.54 Å². The van der Waals surface area contributed by atoms with Gasteiger partial charge in [0.15, 0.2) is 0 Å². The predicted molar refractivity (Wildman–Crippen MR) is 85.8 cm³/mol. The molecule has 0 aliphatic carbocycles. The number of aromatic nitrogens is 2. The second-order valence-corrected chi connectivity index (χ2v) is 5.88. The highest BCUT2D eigenvalue weighted by Gasteiger charge is 2.17. The van der Waals surface area contributed by atoms with Crippen molar-refractivity contribution in [3.8, 4) is 16.5 Å². The number of ether oxygens (including phenoxy) is 1. The summed E-state index contributed by atoms with van der Waals surface area (Å²) in [5.74, 6) is 1.15. The molecule has 3 aromatic rings. The van der Waals surface area contributed by atoms with E-state index in [1.165, 1.54) is 24.5 Å². The Hall–Kier alpha value is -2.25. The molecule has 1 aromatic carbocycles. The van der Waals surface area contributed by atoms with Crippen LogP contribution in [0.1, 0.15) is 24.4 Å². The number of benzene rings is 1. The number of halogens is 1. The van der Waals surface area contributed by atoms with Gasteiger partial charge in [-0.3, -0.25) is 0 Å². The Kier molecular flexibility index (Phi) is 4.68. The molecular formula is C16H16FN3O2S. The molecule has 0 aliphatic rings. The number of hydrogen-bond acceptors (Lipinski definition) is 6. The molecule has 0 fully saturated rings. The number of methoxy groups -OCH3 is 1. The van der Waals surface area contributed by atoms with E-state index in [4.69, 9.17) is 9.15 Å². The molecule has 0 amide bonds. The van der Waals surface area contributed by atoms with Crippen molar-refractivity contribution in [2.24, 2.45) is 0 Å². The van der Waals surface area contributed by atoms with Crippen LogP contribution in [-0.4, -0.2) is 17.3 Å². The van der Waals surface area contributed by atoms with Crippen molar-refractivity contribution in [2.75, 3.05) is 7.11 Å². The molecule has 1 N–H and O–H groups in total. The normalized spacial score (nSPS) is 12.3. The Morgan fingerprint density at radius 3 is 2.91 bits per heavy atom. The van der Waals surface area contributed by atoms with Crippen molar-refractivity contribution >= 4 is 11.3 Å². The van der Waals surface area contributed by atoms with Gasteiger partial charge in [0.25, 0.3) is 5.89 Å². The van der Waals surface area contributed by atoms with Crippen LogP contribution < -0.4 is 10.1 Å². The fraction of sp³-hybridized carbons (Fsp3) is 0.250. The van der Waals surface area contributed by atoms with E-state index in [1.54, 1.807) is 12.1 Å². The van der Waals surface area contributed by atoms with Crippen molar-refractivity contribution in [3.63, 3.8) is 0 Å². The maximum absolute atomic E-state index is 14.0. The summed E-state index contributed by atoms with van der Waals surface area (Å²) in [6, 6.07) is 8.35. The molecular weight excluding hydrogens is 317 g/mol. The van der Waals surface area contributed by atoms with Crippen molar-refractivity contribution in [1.82, 2.24) is 15.5 Å². The lowest BCUT2D eigenvalue weighted by atomic mass is 10.1. The SMILES string of the molecule is COc1cccc(F)c1[C@@H](C)NCc1nnc(-c2cccs2)o1. The fourth-order valence-corrected chi connectivity index (χ4v) is 2.93. The Morgan fingerprint density at radius 1 is 1.30 bits per heavy atom. The molecule has 0 spiro atoms. The van der Waals surface area contributed by atoms with Gasteiger partial charge in [0.05, 0.1) is 18.5 Å². The molecule has 0 saturated heterocycles.